The highest BCUT2D eigenvalue weighted by Crippen LogP contribution is 2.36. The second kappa shape index (κ2) is 10.7. The molecule has 7 heteroatoms. The molecule has 2 aromatic carbocycles. The van der Waals surface area contributed by atoms with Gasteiger partial charge >= 0.3 is 0 Å². The number of benzene rings is 2. The Kier molecular flexibility index (Phi) is 7.59. The van der Waals surface area contributed by atoms with Crippen LogP contribution in [0.25, 0.3) is 6.08 Å². The van der Waals surface area contributed by atoms with Crippen LogP contribution >= 0.6 is 11.3 Å². The molecule has 0 saturated heterocycles. The lowest BCUT2D eigenvalue weighted by Crippen LogP contribution is -2.43. The molecule has 0 bridgehead atoms. The first-order valence-electron chi connectivity index (χ1n) is 12.3. The van der Waals surface area contributed by atoms with E-state index in [0.717, 1.165) is 11.1 Å². The highest BCUT2D eigenvalue weighted by atomic mass is 32.1. The second-order valence-electron chi connectivity index (χ2n) is 9.12. The Morgan fingerprint density at radius 1 is 1.14 bits per heavy atom. The van der Waals surface area contributed by atoms with Crippen molar-refractivity contribution in [3.8, 4) is 5.75 Å². The van der Waals surface area contributed by atoms with Crippen LogP contribution < -0.4 is 19.6 Å². The number of ether oxygens (including phenoxy) is 1. The summed E-state index contributed by atoms with van der Waals surface area (Å²) in [5, 5.41) is 0. The maximum Gasteiger partial charge on any atom is 0.271 e. The topological polar surface area (TPSA) is 63.9 Å². The van der Waals surface area contributed by atoms with E-state index in [9.17, 15) is 9.59 Å². The van der Waals surface area contributed by atoms with Crippen LogP contribution in [0, 0.1) is 0 Å². The number of hydrogen-bond donors (Lipinski definition) is 0. The summed E-state index contributed by atoms with van der Waals surface area (Å²) in [5.74, 6) is 0.951. The zero-order valence-electron chi connectivity index (χ0n) is 21.7. The van der Waals surface area contributed by atoms with Crippen molar-refractivity contribution >= 4 is 23.3 Å². The molecule has 0 spiro atoms. The monoisotopic (exact) mass is 503 g/mol. The number of thiazole rings is 1. The Morgan fingerprint density at radius 3 is 2.42 bits per heavy atom. The number of allylic oxidation sites excluding steroid dienone is 1. The van der Waals surface area contributed by atoms with Crippen molar-refractivity contribution in [3.05, 3.63) is 96.2 Å². The lowest BCUT2D eigenvalue weighted by molar-refractivity contribution is -0.127. The smallest absolute Gasteiger partial charge is 0.271 e. The van der Waals surface area contributed by atoms with Gasteiger partial charge in [0, 0.05) is 18.7 Å². The number of carbonyl (C=O) groups is 1. The van der Waals surface area contributed by atoms with Gasteiger partial charge in [-0.15, -0.1) is 0 Å². The van der Waals surface area contributed by atoms with Crippen LogP contribution in [0.1, 0.15) is 63.3 Å². The number of likely N-dealkylation sites (N-methyl/N-ethyl adjacent to an activating group) is 1. The van der Waals surface area contributed by atoms with Gasteiger partial charge in [-0.2, -0.15) is 0 Å². The summed E-state index contributed by atoms with van der Waals surface area (Å²) in [7, 11) is 1.60. The molecule has 1 aromatic heterocycles. The van der Waals surface area contributed by atoms with Gasteiger partial charge in [-0.3, -0.25) is 14.2 Å². The average molecular weight is 504 g/mol. The first-order chi connectivity index (χ1) is 17.3. The Balaban J connectivity index is 1.95. The van der Waals surface area contributed by atoms with Crippen molar-refractivity contribution < 1.29 is 9.53 Å². The Morgan fingerprint density at radius 2 is 1.81 bits per heavy atom. The van der Waals surface area contributed by atoms with E-state index in [1.165, 1.54) is 16.9 Å². The van der Waals surface area contributed by atoms with Gasteiger partial charge < -0.3 is 9.64 Å². The molecule has 0 unspecified atom stereocenters. The number of aromatic nitrogens is 1. The molecule has 2 heterocycles. The molecular formula is C29H33N3O3S. The molecule has 3 aromatic rings. The zero-order valence-corrected chi connectivity index (χ0v) is 22.6. The first-order valence-corrected chi connectivity index (χ1v) is 13.2. The molecule has 0 saturated carbocycles. The molecule has 0 radical (unpaired) electrons. The van der Waals surface area contributed by atoms with E-state index in [0.29, 0.717) is 45.4 Å². The third-order valence-corrected chi connectivity index (χ3v) is 7.62. The van der Waals surface area contributed by atoms with Gasteiger partial charge in [0.15, 0.2) is 4.80 Å². The van der Waals surface area contributed by atoms with E-state index in [-0.39, 0.29) is 11.5 Å². The number of amides is 1. The summed E-state index contributed by atoms with van der Waals surface area (Å²) < 4.78 is 7.90. The van der Waals surface area contributed by atoms with Gasteiger partial charge in [-0.05, 0) is 50.0 Å². The lowest BCUT2D eigenvalue weighted by Gasteiger charge is -2.29. The molecule has 0 fully saturated rings. The van der Waals surface area contributed by atoms with Gasteiger partial charge in [0.2, 0.25) is 0 Å². The minimum Gasteiger partial charge on any atom is -0.496 e. The van der Waals surface area contributed by atoms with Crippen LogP contribution in [0.4, 0.5) is 0 Å². The van der Waals surface area contributed by atoms with Crippen molar-refractivity contribution in [2.75, 3.05) is 20.2 Å². The Bertz CT molecular complexity index is 1480. The number of carbonyl (C=O) groups excluding carboxylic acids is 1. The van der Waals surface area contributed by atoms with Crippen molar-refractivity contribution in [3.63, 3.8) is 0 Å². The van der Waals surface area contributed by atoms with E-state index >= 15 is 0 Å². The van der Waals surface area contributed by atoms with Crippen LogP contribution in [0.2, 0.25) is 0 Å². The largest absolute Gasteiger partial charge is 0.496 e. The minimum absolute atomic E-state index is 0.115. The fourth-order valence-corrected chi connectivity index (χ4v) is 5.64. The number of hydrogen-bond acceptors (Lipinski definition) is 5. The predicted molar refractivity (Wildman–Crippen MR) is 145 cm³/mol. The first kappa shape index (κ1) is 25.6. The van der Waals surface area contributed by atoms with Crippen molar-refractivity contribution in [1.82, 2.24) is 9.47 Å². The summed E-state index contributed by atoms with van der Waals surface area (Å²) in [4.78, 5) is 34.6. The summed E-state index contributed by atoms with van der Waals surface area (Å²) in [6, 6.07) is 15.2. The number of rotatable bonds is 7. The SMILES string of the molecule is CCN(CC)C(=O)C1=C(C)N=c2s/c(=C/c3ccc(C(C)C)cc3)c(=O)n2[C@H]1c1ccccc1OC. The number of para-hydroxylation sites is 1. The van der Waals surface area contributed by atoms with Crippen molar-refractivity contribution in [1.29, 1.82) is 0 Å². The lowest BCUT2D eigenvalue weighted by atomic mass is 9.94. The highest BCUT2D eigenvalue weighted by Gasteiger charge is 2.35. The third kappa shape index (κ3) is 4.67. The van der Waals surface area contributed by atoms with Gasteiger partial charge in [-0.25, -0.2) is 4.99 Å². The summed E-state index contributed by atoms with van der Waals surface area (Å²) in [6.07, 6.45) is 1.90. The molecule has 4 rings (SSSR count). The fraction of sp³-hybridized carbons (Fsp3) is 0.345. The number of fused-ring (bicyclic) bond motifs is 1. The fourth-order valence-electron chi connectivity index (χ4n) is 4.59. The normalized spacial score (nSPS) is 15.6. The average Bonchev–Trinajstić information content (AvgIpc) is 3.18. The van der Waals surface area contributed by atoms with E-state index in [4.69, 9.17) is 9.73 Å². The molecule has 0 aliphatic carbocycles. The molecule has 188 valence electrons. The predicted octanol–water partition coefficient (Wildman–Crippen LogP) is 4.24. The Labute approximate surface area is 215 Å². The third-order valence-electron chi connectivity index (χ3n) is 6.64. The molecule has 1 aliphatic rings. The Hall–Kier alpha value is -3.45. The quantitative estimate of drug-likeness (QED) is 0.485. The molecule has 1 amide bonds. The molecule has 0 N–H and O–H groups in total. The number of nitrogens with zero attached hydrogens (tertiary/aromatic N) is 3. The molecule has 36 heavy (non-hydrogen) atoms. The van der Waals surface area contributed by atoms with Gasteiger partial charge in [-0.1, -0.05) is 67.6 Å². The van der Waals surface area contributed by atoms with E-state index in [1.54, 1.807) is 16.6 Å². The van der Waals surface area contributed by atoms with Gasteiger partial charge in [0.1, 0.15) is 11.8 Å². The molecule has 1 aliphatic heterocycles. The van der Waals surface area contributed by atoms with Crippen molar-refractivity contribution in [2.45, 2.75) is 46.6 Å². The summed E-state index contributed by atoms with van der Waals surface area (Å²) in [5.41, 5.74) is 3.92. The maximum absolute atomic E-state index is 13.9. The second-order valence-corrected chi connectivity index (χ2v) is 10.1. The molecule has 6 nitrogen and oxygen atoms in total. The standard InChI is InChI=1S/C29H33N3O3S/c1-7-31(8-2)28(34)25-19(5)30-29-32(26(25)22-11-9-10-12-23(22)35-6)27(33)24(36-29)17-20-13-15-21(16-14-20)18(3)4/h9-18,26H,7-8H2,1-6H3/b24-17+/t26-/m0/s1. The number of methoxy groups -OCH3 is 1. The van der Waals surface area contributed by atoms with Crippen LogP contribution in [0.3, 0.4) is 0 Å². The molecule has 1 atom stereocenters. The molecular weight excluding hydrogens is 470 g/mol. The van der Waals surface area contributed by atoms with Gasteiger partial charge in [0.25, 0.3) is 11.5 Å². The van der Waals surface area contributed by atoms with Crippen LogP contribution in [-0.4, -0.2) is 35.6 Å². The maximum atomic E-state index is 13.9. The van der Waals surface area contributed by atoms with E-state index in [2.05, 4.69) is 26.0 Å². The van der Waals surface area contributed by atoms with Crippen LogP contribution in [0.5, 0.6) is 5.75 Å². The summed E-state index contributed by atoms with van der Waals surface area (Å²) in [6.45, 7) is 11.2. The zero-order chi connectivity index (χ0) is 26.0. The minimum atomic E-state index is -0.629. The highest BCUT2D eigenvalue weighted by molar-refractivity contribution is 7.07. The van der Waals surface area contributed by atoms with Crippen LogP contribution in [0.15, 0.2) is 69.6 Å². The summed E-state index contributed by atoms with van der Waals surface area (Å²) >= 11 is 1.34. The van der Waals surface area contributed by atoms with Crippen LogP contribution in [-0.2, 0) is 4.79 Å². The van der Waals surface area contributed by atoms with Crippen molar-refractivity contribution in [2.24, 2.45) is 4.99 Å². The van der Waals surface area contributed by atoms with E-state index in [1.807, 2.05) is 63.2 Å². The van der Waals surface area contributed by atoms with Gasteiger partial charge in [0.05, 0.1) is 22.9 Å². The van der Waals surface area contributed by atoms with E-state index < -0.39 is 6.04 Å².